The van der Waals surface area contributed by atoms with E-state index in [0.717, 1.165) is 12.8 Å². The summed E-state index contributed by atoms with van der Waals surface area (Å²) in [6, 6.07) is 5.97. The Morgan fingerprint density at radius 1 is 1.33 bits per heavy atom. The van der Waals surface area contributed by atoms with E-state index in [-0.39, 0.29) is 31.3 Å². The van der Waals surface area contributed by atoms with Gasteiger partial charge in [-0.2, -0.15) is 0 Å². The van der Waals surface area contributed by atoms with Gasteiger partial charge in [0.05, 0.1) is 24.8 Å². The molecule has 134 valence electrons. The van der Waals surface area contributed by atoms with Gasteiger partial charge in [-0.3, -0.25) is 0 Å². The molecule has 0 spiro atoms. The van der Waals surface area contributed by atoms with Gasteiger partial charge in [0.25, 0.3) is 0 Å². The maximum absolute atomic E-state index is 12.7. The van der Waals surface area contributed by atoms with Crippen LogP contribution in [0.2, 0.25) is 0 Å². The number of urea groups is 1. The van der Waals surface area contributed by atoms with E-state index in [2.05, 4.69) is 37.4 Å². The van der Waals surface area contributed by atoms with Crippen molar-refractivity contribution in [3.63, 3.8) is 0 Å². The Bertz CT molecular complexity index is 572. The molecule has 0 fully saturated rings. The molecule has 0 aromatic heterocycles. The highest BCUT2D eigenvalue weighted by molar-refractivity contribution is 5.75. The number of aliphatic hydroxyl groups is 2. The summed E-state index contributed by atoms with van der Waals surface area (Å²) in [4.78, 5) is 14.2. The van der Waals surface area contributed by atoms with Gasteiger partial charge in [-0.25, -0.2) is 4.79 Å². The summed E-state index contributed by atoms with van der Waals surface area (Å²) in [5.74, 6) is 0.452. The summed E-state index contributed by atoms with van der Waals surface area (Å²) in [5, 5.41) is 22.1. The van der Waals surface area contributed by atoms with E-state index in [4.69, 9.17) is 0 Å². The van der Waals surface area contributed by atoms with Crippen LogP contribution in [-0.4, -0.2) is 46.4 Å². The first-order valence-corrected chi connectivity index (χ1v) is 8.82. The molecule has 5 nitrogen and oxygen atoms in total. The fourth-order valence-electron chi connectivity index (χ4n) is 3.21. The lowest BCUT2D eigenvalue weighted by molar-refractivity contribution is 0.0924. The second-order valence-corrected chi connectivity index (χ2v) is 7.19. The zero-order valence-corrected chi connectivity index (χ0v) is 15.1. The fourth-order valence-corrected chi connectivity index (χ4v) is 3.21. The van der Waals surface area contributed by atoms with E-state index in [1.54, 1.807) is 13.8 Å². The van der Waals surface area contributed by atoms with E-state index in [9.17, 15) is 15.0 Å². The number of carbonyl (C=O) groups excluding carboxylic acids is 1. The minimum atomic E-state index is -0.631. The summed E-state index contributed by atoms with van der Waals surface area (Å²) in [6.45, 7) is 7.83. The average Bonchev–Trinajstić information content (AvgIpc) is 2.93. The number of hydrogen-bond acceptors (Lipinski definition) is 3. The Morgan fingerprint density at radius 2 is 2.04 bits per heavy atom. The number of aliphatic hydroxyl groups excluding tert-OH is 2. The number of fused-ring (bicyclic) bond motifs is 1. The van der Waals surface area contributed by atoms with Crippen LogP contribution in [0.25, 0.3) is 0 Å². The molecule has 0 heterocycles. The minimum Gasteiger partial charge on any atom is -0.394 e. The summed E-state index contributed by atoms with van der Waals surface area (Å²) in [5.41, 5.74) is 3.77. The first kappa shape index (κ1) is 18.7. The molecule has 3 N–H and O–H groups in total. The first-order chi connectivity index (χ1) is 11.3. The van der Waals surface area contributed by atoms with Crippen LogP contribution in [0.5, 0.6) is 0 Å². The van der Waals surface area contributed by atoms with Crippen molar-refractivity contribution in [1.29, 1.82) is 0 Å². The van der Waals surface area contributed by atoms with Crippen LogP contribution in [0.4, 0.5) is 4.79 Å². The Balaban J connectivity index is 2.14. The highest BCUT2D eigenvalue weighted by atomic mass is 16.3. The molecular formula is C19H30N2O3. The maximum Gasteiger partial charge on any atom is 0.318 e. The molecule has 0 saturated carbocycles. The zero-order chi connectivity index (χ0) is 17.9. The van der Waals surface area contributed by atoms with Crippen molar-refractivity contribution in [3.05, 3.63) is 34.9 Å². The van der Waals surface area contributed by atoms with E-state index in [1.807, 2.05) is 0 Å². The normalized spacial score (nSPS) is 19.0. The van der Waals surface area contributed by atoms with Crippen molar-refractivity contribution >= 4 is 6.03 Å². The third-order valence-corrected chi connectivity index (χ3v) is 4.73. The molecule has 0 aliphatic heterocycles. The molecule has 1 aromatic carbocycles. The highest BCUT2D eigenvalue weighted by Crippen LogP contribution is 2.33. The molecule has 3 atom stereocenters. The minimum absolute atomic E-state index is 0.00593. The van der Waals surface area contributed by atoms with Crippen LogP contribution < -0.4 is 5.32 Å². The van der Waals surface area contributed by atoms with Crippen molar-refractivity contribution < 1.29 is 15.0 Å². The second kappa shape index (κ2) is 7.99. The standard InChI is InChI=1S/C19H30N2O3/c1-12(2)16-6-5-15-7-8-18(17(15)9-16)20-19(24)21(10-14(4)23)13(3)11-22/h5-6,9,12-14,18,22-23H,7-8,10-11H2,1-4H3,(H,20,24). The molecule has 2 rings (SSSR count). The Morgan fingerprint density at radius 3 is 2.62 bits per heavy atom. The number of rotatable bonds is 6. The van der Waals surface area contributed by atoms with E-state index < -0.39 is 6.10 Å². The number of carbonyl (C=O) groups is 1. The van der Waals surface area contributed by atoms with E-state index in [1.165, 1.54) is 21.6 Å². The zero-order valence-electron chi connectivity index (χ0n) is 15.1. The molecule has 0 radical (unpaired) electrons. The van der Waals surface area contributed by atoms with Gasteiger partial charge in [-0.05, 0) is 49.3 Å². The van der Waals surface area contributed by atoms with Crippen molar-refractivity contribution in [1.82, 2.24) is 10.2 Å². The quantitative estimate of drug-likeness (QED) is 0.749. The largest absolute Gasteiger partial charge is 0.394 e. The summed E-state index contributed by atoms with van der Waals surface area (Å²) < 4.78 is 0. The first-order valence-electron chi connectivity index (χ1n) is 8.82. The van der Waals surface area contributed by atoms with Gasteiger partial charge >= 0.3 is 6.03 Å². The van der Waals surface area contributed by atoms with Crippen molar-refractivity contribution in [2.75, 3.05) is 13.2 Å². The second-order valence-electron chi connectivity index (χ2n) is 7.19. The molecule has 0 bridgehead atoms. The summed E-state index contributed by atoms with van der Waals surface area (Å²) in [6.07, 6.45) is 1.22. The van der Waals surface area contributed by atoms with E-state index in [0.29, 0.717) is 5.92 Å². The topological polar surface area (TPSA) is 72.8 Å². The van der Waals surface area contributed by atoms with Crippen molar-refractivity contribution in [2.24, 2.45) is 0 Å². The Labute approximate surface area is 144 Å². The number of aryl methyl sites for hydroxylation is 1. The van der Waals surface area contributed by atoms with Crippen LogP contribution >= 0.6 is 0 Å². The number of nitrogens with zero attached hydrogens (tertiary/aromatic N) is 1. The molecule has 5 heteroatoms. The molecule has 2 amide bonds. The number of amides is 2. The molecule has 3 unspecified atom stereocenters. The molecule has 0 saturated heterocycles. The molecule has 1 aliphatic rings. The van der Waals surface area contributed by atoms with Gasteiger partial charge in [-0.1, -0.05) is 32.0 Å². The Kier molecular flexibility index (Phi) is 6.24. The summed E-state index contributed by atoms with van der Waals surface area (Å²) >= 11 is 0. The van der Waals surface area contributed by atoms with Crippen LogP contribution in [0.3, 0.4) is 0 Å². The molecule has 1 aliphatic carbocycles. The average molecular weight is 334 g/mol. The monoisotopic (exact) mass is 334 g/mol. The fraction of sp³-hybridized carbons (Fsp3) is 0.632. The molecule has 24 heavy (non-hydrogen) atoms. The Hall–Kier alpha value is -1.59. The lowest BCUT2D eigenvalue weighted by Crippen LogP contribution is -2.49. The van der Waals surface area contributed by atoms with Gasteiger partial charge in [-0.15, -0.1) is 0 Å². The van der Waals surface area contributed by atoms with Gasteiger partial charge < -0.3 is 20.4 Å². The smallest absolute Gasteiger partial charge is 0.318 e. The van der Waals surface area contributed by atoms with Crippen molar-refractivity contribution in [2.45, 2.75) is 64.6 Å². The van der Waals surface area contributed by atoms with Gasteiger partial charge in [0.15, 0.2) is 0 Å². The lowest BCUT2D eigenvalue weighted by Gasteiger charge is -2.30. The van der Waals surface area contributed by atoms with Crippen LogP contribution in [0, 0.1) is 0 Å². The third kappa shape index (κ3) is 4.28. The number of benzene rings is 1. The van der Waals surface area contributed by atoms with Gasteiger partial charge in [0, 0.05) is 6.54 Å². The van der Waals surface area contributed by atoms with Gasteiger partial charge in [0.1, 0.15) is 0 Å². The molecule has 1 aromatic rings. The SMILES string of the molecule is CC(O)CN(C(=O)NC1CCc2ccc(C(C)C)cc21)C(C)CO. The molecular weight excluding hydrogens is 304 g/mol. The van der Waals surface area contributed by atoms with Crippen LogP contribution in [0.15, 0.2) is 18.2 Å². The maximum atomic E-state index is 12.7. The third-order valence-electron chi connectivity index (χ3n) is 4.73. The van der Waals surface area contributed by atoms with Crippen LogP contribution in [-0.2, 0) is 6.42 Å². The lowest BCUT2D eigenvalue weighted by atomic mass is 9.97. The predicted molar refractivity (Wildman–Crippen MR) is 95.1 cm³/mol. The highest BCUT2D eigenvalue weighted by Gasteiger charge is 2.28. The van der Waals surface area contributed by atoms with Crippen LogP contribution in [0.1, 0.15) is 62.8 Å². The number of nitrogens with one attached hydrogen (secondary N) is 1. The number of hydrogen-bond donors (Lipinski definition) is 3. The van der Waals surface area contributed by atoms with E-state index >= 15 is 0 Å². The van der Waals surface area contributed by atoms with Crippen molar-refractivity contribution in [3.8, 4) is 0 Å². The summed E-state index contributed by atoms with van der Waals surface area (Å²) in [7, 11) is 0. The predicted octanol–water partition coefficient (Wildman–Crippen LogP) is 2.57. The van der Waals surface area contributed by atoms with Gasteiger partial charge in [0.2, 0.25) is 0 Å².